The highest BCUT2D eigenvalue weighted by molar-refractivity contribution is 5.13. The van der Waals surface area contributed by atoms with Crippen molar-refractivity contribution in [1.82, 2.24) is 10.3 Å². The molecule has 0 aliphatic heterocycles. The molecule has 2 heterocycles. The van der Waals surface area contributed by atoms with Crippen molar-refractivity contribution in [3.8, 4) is 0 Å². The Labute approximate surface area is 101 Å². The zero-order chi connectivity index (χ0) is 12.3. The number of aryl methyl sites for hydroxylation is 1. The maximum absolute atomic E-state index is 10.3. The summed E-state index contributed by atoms with van der Waals surface area (Å²) in [6, 6.07) is 5.67. The molecule has 2 aromatic heterocycles. The number of rotatable bonds is 5. The van der Waals surface area contributed by atoms with Gasteiger partial charge in [0.25, 0.3) is 0 Å². The summed E-state index contributed by atoms with van der Waals surface area (Å²) in [4.78, 5) is 2.99. The molecule has 0 bridgehead atoms. The van der Waals surface area contributed by atoms with Gasteiger partial charge in [0.2, 0.25) is 0 Å². The molecule has 4 heteroatoms. The number of nitrogens with one attached hydrogen (secondary N) is 2. The molecule has 3 N–H and O–H groups in total. The van der Waals surface area contributed by atoms with Gasteiger partial charge in [-0.1, -0.05) is 0 Å². The topological polar surface area (TPSA) is 61.2 Å². The number of furan rings is 1. The van der Waals surface area contributed by atoms with E-state index >= 15 is 0 Å². The average molecular weight is 234 g/mol. The molecule has 2 aromatic rings. The Morgan fingerprint density at radius 3 is 2.82 bits per heavy atom. The molecule has 0 spiro atoms. The van der Waals surface area contributed by atoms with Gasteiger partial charge in [0.05, 0.1) is 0 Å². The first-order valence-electron chi connectivity index (χ1n) is 5.69. The van der Waals surface area contributed by atoms with Crippen LogP contribution in [0, 0.1) is 6.92 Å². The summed E-state index contributed by atoms with van der Waals surface area (Å²) >= 11 is 0. The van der Waals surface area contributed by atoms with Crippen LogP contribution in [0.15, 0.2) is 35.0 Å². The van der Waals surface area contributed by atoms with Gasteiger partial charge < -0.3 is 19.8 Å². The molecule has 0 radical (unpaired) electrons. The van der Waals surface area contributed by atoms with E-state index in [0.29, 0.717) is 12.3 Å². The Bertz CT molecular complexity index is 457. The number of hydrogen-bond acceptors (Lipinski definition) is 3. The third-order valence-corrected chi connectivity index (χ3v) is 2.73. The van der Waals surface area contributed by atoms with Gasteiger partial charge in [0.1, 0.15) is 17.1 Å². The Kier molecular flexibility index (Phi) is 3.36. The SMILES string of the molecule is Cc1ccc(C(C)(O)CNCc2cc[nH]c2)o1. The molecule has 0 aliphatic rings. The molecule has 1 atom stereocenters. The highest BCUT2D eigenvalue weighted by Crippen LogP contribution is 2.21. The molecule has 1 unspecified atom stereocenters. The Hall–Kier alpha value is -1.52. The molecule has 92 valence electrons. The Morgan fingerprint density at radius 1 is 1.41 bits per heavy atom. The van der Waals surface area contributed by atoms with Crippen molar-refractivity contribution < 1.29 is 9.52 Å². The molecule has 0 amide bonds. The van der Waals surface area contributed by atoms with Crippen LogP contribution in [0.4, 0.5) is 0 Å². The lowest BCUT2D eigenvalue weighted by atomic mass is 10.0. The smallest absolute Gasteiger partial charge is 0.136 e. The molecular weight excluding hydrogens is 216 g/mol. The third-order valence-electron chi connectivity index (χ3n) is 2.73. The van der Waals surface area contributed by atoms with Crippen LogP contribution in [-0.2, 0) is 12.1 Å². The average Bonchev–Trinajstić information content (AvgIpc) is 2.89. The lowest BCUT2D eigenvalue weighted by Crippen LogP contribution is -2.34. The highest BCUT2D eigenvalue weighted by Gasteiger charge is 2.26. The van der Waals surface area contributed by atoms with Gasteiger partial charge in [-0.3, -0.25) is 0 Å². The first-order valence-corrected chi connectivity index (χ1v) is 5.69. The lowest BCUT2D eigenvalue weighted by molar-refractivity contribution is 0.0333. The van der Waals surface area contributed by atoms with Crippen molar-refractivity contribution in [3.63, 3.8) is 0 Å². The van der Waals surface area contributed by atoms with E-state index in [1.54, 1.807) is 6.92 Å². The zero-order valence-corrected chi connectivity index (χ0v) is 10.2. The first-order chi connectivity index (χ1) is 8.08. The van der Waals surface area contributed by atoms with E-state index in [4.69, 9.17) is 4.42 Å². The quantitative estimate of drug-likeness (QED) is 0.740. The van der Waals surface area contributed by atoms with Crippen molar-refractivity contribution >= 4 is 0 Å². The van der Waals surface area contributed by atoms with Crippen LogP contribution in [0.5, 0.6) is 0 Å². The highest BCUT2D eigenvalue weighted by atomic mass is 16.4. The number of aromatic nitrogens is 1. The predicted molar refractivity (Wildman–Crippen MR) is 65.5 cm³/mol. The molecule has 0 saturated heterocycles. The largest absolute Gasteiger partial charge is 0.463 e. The normalized spacial score (nSPS) is 14.8. The summed E-state index contributed by atoms with van der Waals surface area (Å²) in [5.74, 6) is 1.41. The molecule has 0 aliphatic carbocycles. The van der Waals surface area contributed by atoms with Crippen LogP contribution in [-0.4, -0.2) is 16.6 Å². The van der Waals surface area contributed by atoms with Crippen molar-refractivity contribution in [2.24, 2.45) is 0 Å². The van der Waals surface area contributed by atoms with Crippen molar-refractivity contribution in [2.45, 2.75) is 26.0 Å². The molecule has 0 saturated carbocycles. The second-order valence-corrected chi connectivity index (χ2v) is 4.51. The minimum absolute atomic E-state index is 0.450. The number of aromatic amines is 1. The standard InChI is InChI=1S/C13H18N2O2/c1-10-3-4-12(17-10)13(2,16)9-15-8-11-5-6-14-7-11/h3-7,14-16H,8-9H2,1-2H3. The summed E-state index contributed by atoms with van der Waals surface area (Å²) < 4.78 is 5.44. The minimum atomic E-state index is -0.982. The molecular formula is C13H18N2O2. The summed E-state index contributed by atoms with van der Waals surface area (Å²) in [6.07, 6.45) is 3.81. The summed E-state index contributed by atoms with van der Waals surface area (Å²) in [5, 5.41) is 13.5. The van der Waals surface area contributed by atoms with E-state index in [0.717, 1.165) is 17.9 Å². The Morgan fingerprint density at radius 2 is 2.24 bits per heavy atom. The molecule has 17 heavy (non-hydrogen) atoms. The summed E-state index contributed by atoms with van der Waals surface area (Å²) in [5.41, 5.74) is 0.182. The molecule has 0 aromatic carbocycles. The monoisotopic (exact) mass is 234 g/mol. The lowest BCUT2D eigenvalue weighted by Gasteiger charge is -2.21. The van der Waals surface area contributed by atoms with E-state index in [9.17, 15) is 5.11 Å². The fraction of sp³-hybridized carbons (Fsp3) is 0.385. The second-order valence-electron chi connectivity index (χ2n) is 4.51. The molecule has 0 fully saturated rings. The third kappa shape index (κ3) is 2.99. The van der Waals surface area contributed by atoms with Crippen LogP contribution in [0.2, 0.25) is 0 Å². The van der Waals surface area contributed by atoms with E-state index in [1.165, 1.54) is 0 Å². The van der Waals surface area contributed by atoms with Gasteiger partial charge in [-0.2, -0.15) is 0 Å². The van der Waals surface area contributed by atoms with Crippen LogP contribution in [0.1, 0.15) is 24.0 Å². The second kappa shape index (κ2) is 4.77. The van der Waals surface area contributed by atoms with Gasteiger partial charge in [-0.15, -0.1) is 0 Å². The number of H-pyrrole nitrogens is 1. The molecule has 2 rings (SSSR count). The number of aliphatic hydroxyl groups is 1. The first kappa shape index (κ1) is 12.0. The van der Waals surface area contributed by atoms with E-state index < -0.39 is 5.60 Å². The molecule has 4 nitrogen and oxygen atoms in total. The van der Waals surface area contributed by atoms with Gasteiger partial charge in [0, 0.05) is 25.5 Å². The predicted octanol–water partition coefficient (Wildman–Crippen LogP) is 1.91. The van der Waals surface area contributed by atoms with Crippen molar-refractivity contribution in [1.29, 1.82) is 0 Å². The zero-order valence-electron chi connectivity index (χ0n) is 10.2. The van der Waals surface area contributed by atoms with Crippen LogP contribution in [0.25, 0.3) is 0 Å². The maximum Gasteiger partial charge on any atom is 0.136 e. The van der Waals surface area contributed by atoms with Gasteiger partial charge in [-0.05, 0) is 37.6 Å². The van der Waals surface area contributed by atoms with Gasteiger partial charge in [0.15, 0.2) is 0 Å². The Balaban J connectivity index is 1.89. The van der Waals surface area contributed by atoms with Gasteiger partial charge in [-0.25, -0.2) is 0 Å². The van der Waals surface area contributed by atoms with E-state index in [2.05, 4.69) is 10.3 Å². The van der Waals surface area contributed by atoms with Crippen molar-refractivity contribution in [2.75, 3.05) is 6.54 Å². The van der Waals surface area contributed by atoms with Gasteiger partial charge >= 0.3 is 0 Å². The number of hydrogen-bond donors (Lipinski definition) is 3. The van der Waals surface area contributed by atoms with Crippen LogP contribution in [0.3, 0.4) is 0 Å². The van der Waals surface area contributed by atoms with E-state index in [-0.39, 0.29) is 0 Å². The fourth-order valence-corrected chi connectivity index (χ4v) is 1.73. The van der Waals surface area contributed by atoms with Crippen molar-refractivity contribution in [3.05, 3.63) is 47.7 Å². The maximum atomic E-state index is 10.3. The fourth-order valence-electron chi connectivity index (χ4n) is 1.73. The summed E-state index contributed by atoms with van der Waals surface area (Å²) in [7, 11) is 0. The summed E-state index contributed by atoms with van der Waals surface area (Å²) in [6.45, 7) is 4.78. The minimum Gasteiger partial charge on any atom is -0.463 e. The van der Waals surface area contributed by atoms with Crippen LogP contribution >= 0.6 is 0 Å². The van der Waals surface area contributed by atoms with E-state index in [1.807, 2.05) is 37.5 Å². The van der Waals surface area contributed by atoms with Crippen LogP contribution < -0.4 is 5.32 Å².